The van der Waals surface area contributed by atoms with E-state index in [-0.39, 0.29) is 5.66 Å². The number of hydrogen-bond donors (Lipinski definition) is 2. The second-order valence-corrected chi connectivity index (χ2v) is 4.68. The summed E-state index contributed by atoms with van der Waals surface area (Å²) < 4.78 is 0. The Morgan fingerprint density at radius 3 is 2.08 bits per heavy atom. The van der Waals surface area contributed by atoms with E-state index in [1.165, 1.54) is 0 Å². The van der Waals surface area contributed by atoms with Crippen LogP contribution >= 0.6 is 0 Å². The molecule has 0 spiro atoms. The minimum atomic E-state index is 0.116. The number of hydrogen-bond acceptors (Lipinski definition) is 3. The van der Waals surface area contributed by atoms with Crippen LogP contribution in [0.2, 0.25) is 0 Å². The van der Waals surface area contributed by atoms with Crippen LogP contribution in [0.15, 0.2) is 0 Å². The van der Waals surface area contributed by atoms with Gasteiger partial charge in [-0.05, 0) is 34.7 Å². The molecule has 78 valence electrons. The lowest BCUT2D eigenvalue weighted by atomic mass is 10.1. The summed E-state index contributed by atoms with van der Waals surface area (Å²) >= 11 is 0. The van der Waals surface area contributed by atoms with E-state index < -0.39 is 0 Å². The number of nitrogens with zero attached hydrogens (tertiary/aromatic N) is 1. The zero-order chi connectivity index (χ0) is 10.1. The highest BCUT2D eigenvalue weighted by atomic mass is 15.3. The van der Waals surface area contributed by atoms with Crippen molar-refractivity contribution in [2.75, 3.05) is 20.1 Å². The molecule has 0 aliphatic carbocycles. The average Bonchev–Trinajstić information content (AvgIpc) is 2.02. The van der Waals surface area contributed by atoms with Gasteiger partial charge in [0.25, 0.3) is 0 Å². The lowest BCUT2D eigenvalue weighted by Crippen LogP contribution is -2.63. The lowest BCUT2D eigenvalue weighted by Gasteiger charge is -2.45. The Bertz CT molecular complexity index is 158. The van der Waals surface area contributed by atoms with E-state index >= 15 is 0 Å². The maximum Gasteiger partial charge on any atom is 0.0653 e. The highest BCUT2D eigenvalue weighted by molar-refractivity contribution is 4.88. The monoisotopic (exact) mass is 185 g/mol. The van der Waals surface area contributed by atoms with E-state index in [2.05, 4.69) is 43.2 Å². The number of nitrogens with one attached hydrogen (secondary N) is 2. The largest absolute Gasteiger partial charge is 0.309 e. The molecule has 2 unspecified atom stereocenters. The fourth-order valence-corrected chi connectivity index (χ4v) is 1.94. The quantitative estimate of drug-likeness (QED) is 0.660. The predicted octanol–water partition coefficient (Wildman–Crippen LogP) is 0.624. The third-order valence-corrected chi connectivity index (χ3v) is 2.96. The Hall–Kier alpha value is -0.120. The van der Waals surface area contributed by atoms with Gasteiger partial charge in [0, 0.05) is 25.2 Å². The third-order valence-electron chi connectivity index (χ3n) is 2.96. The molecule has 3 nitrogen and oxygen atoms in total. The average molecular weight is 185 g/mol. The van der Waals surface area contributed by atoms with Gasteiger partial charge >= 0.3 is 0 Å². The van der Waals surface area contributed by atoms with E-state index in [4.69, 9.17) is 0 Å². The van der Waals surface area contributed by atoms with Gasteiger partial charge in [-0.25, -0.2) is 0 Å². The van der Waals surface area contributed by atoms with Gasteiger partial charge < -0.3 is 10.6 Å². The van der Waals surface area contributed by atoms with E-state index in [0.717, 1.165) is 13.1 Å². The zero-order valence-electron chi connectivity index (χ0n) is 9.52. The molecule has 0 radical (unpaired) electrons. The molecule has 1 aliphatic heterocycles. The highest BCUT2D eigenvalue weighted by Gasteiger charge is 2.30. The summed E-state index contributed by atoms with van der Waals surface area (Å²) in [5, 5.41) is 6.89. The molecule has 3 heteroatoms. The molecule has 1 fully saturated rings. The van der Waals surface area contributed by atoms with Crippen molar-refractivity contribution >= 4 is 0 Å². The Morgan fingerprint density at radius 2 is 1.69 bits per heavy atom. The van der Waals surface area contributed by atoms with Gasteiger partial charge in [0.1, 0.15) is 0 Å². The molecule has 0 amide bonds. The molecule has 0 saturated carbocycles. The van der Waals surface area contributed by atoms with Crippen molar-refractivity contribution in [3.8, 4) is 0 Å². The van der Waals surface area contributed by atoms with Crippen LogP contribution < -0.4 is 10.6 Å². The normalized spacial score (nSPS) is 32.1. The fraction of sp³-hybridized carbons (Fsp3) is 1.00. The van der Waals surface area contributed by atoms with Crippen molar-refractivity contribution in [3.05, 3.63) is 0 Å². The molecule has 1 rings (SSSR count). The molecule has 0 bridgehead atoms. The van der Waals surface area contributed by atoms with Crippen molar-refractivity contribution in [1.82, 2.24) is 15.5 Å². The second-order valence-electron chi connectivity index (χ2n) is 4.68. The van der Waals surface area contributed by atoms with Crippen LogP contribution in [0.5, 0.6) is 0 Å². The summed E-state index contributed by atoms with van der Waals surface area (Å²) in [5.41, 5.74) is 0.116. The summed E-state index contributed by atoms with van der Waals surface area (Å²) in [4.78, 5) is 2.50. The maximum atomic E-state index is 3.54. The van der Waals surface area contributed by atoms with E-state index in [1.807, 2.05) is 7.05 Å². The Labute approximate surface area is 81.9 Å². The van der Waals surface area contributed by atoms with Gasteiger partial charge in [-0.15, -0.1) is 0 Å². The van der Waals surface area contributed by atoms with Gasteiger partial charge in [0.05, 0.1) is 5.66 Å². The Kier molecular flexibility index (Phi) is 3.33. The van der Waals surface area contributed by atoms with Gasteiger partial charge in [-0.3, -0.25) is 4.90 Å². The maximum absolute atomic E-state index is 3.54. The van der Waals surface area contributed by atoms with Crippen LogP contribution in [0, 0.1) is 0 Å². The smallest absolute Gasteiger partial charge is 0.0653 e. The second kappa shape index (κ2) is 3.95. The summed E-state index contributed by atoms with van der Waals surface area (Å²) in [5.74, 6) is 0. The molecular weight excluding hydrogens is 162 g/mol. The van der Waals surface area contributed by atoms with Crippen LogP contribution in [0.1, 0.15) is 27.7 Å². The molecule has 0 aromatic carbocycles. The summed E-state index contributed by atoms with van der Waals surface area (Å²) in [6.45, 7) is 11.2. The Balaban J connectivity index is 2.59. The molecule has 2 atom stereocenters. The van der Waals surface area contributed by atoms with Crippen LogP contribution in [0.3, 0.4) is 0 Å². The fourth-order valence-electron chi connectivity index (χ4n) is 1.94. The first-order chi connectivity index (χ1) is 5.95. The van der Waals surface area contributed by atoms with E-state index in [0.29, 0.717) is 12.1 Å². The highest BCUT2D eigenvalue weighted by Crippen LogP contribution is 2.14. The molecule has 1 saturated heterocycles. The predicted molar refractivity (Wildman–Crippen MR) is 56.8 cm³/mol. The van der Waals surface area contributed by atoms with Gasteiger partial charge in [0.2, 0.25) is 0 Å². The zero-order valence-corrected chi connectivity index (χ0v) is 9.52. The van der Waals surface area contributed by atoms with Crippen LogP contribution in [0.25, 0.3) is 0 Å². The molecule has 1 aliphatic rings. The molecule has 0 aromatic heterocycles. The number of piperazine rings is 1. The van der Waals surface area contributed by atoms with Crippen molar-refractivity contribution in [2.24, 2.45) is 0 Å². The lowest BCUT2D eigenvalue weighted by molar-refractivity contribution is 0.0488. The van der Waals surface area contributed by atoms with Gasteiger partial charge in [-0.2, -0.15) is 0 Å². The third kappa shape index (κ3) is 2.66. The first kappa shape index (κ1) is 11.0. The van der Waals surface area contributed by atoms with Crippen LogP contribution in [-0.2, 0) is 0 Å². The standard InChI is InChI=1S/C10H23N3/c1-8-6-13(7-9(2)12-8)10(3,4)11-5/h8-9,11-12H,6-7H2,1-5H3. The van der Waals surface area contributed by atoms with E-state index in [9.17, 15) is 0 Å². The van der Waals surface area contributed by atoms with Gasteiger partial charge in [-0.1, -0.05) is 0 Å². The van der Waals surface area contributed by atoms with Crippen molar-refractivity contribution < 1.29 is 0 Å². The Morgan fingerprint density at radius 1 is 1.23 bits per heavy atom. The van der Waals surface area contributed by atoms with Crippen molar-refractivity contribution in [1.29, 1.82) is 0 Å². The minimum absolute atomic E-state index is 0.116. The molecule has 0 aromatic rings. The molecule has 13 heavy (non-hydrogen) atoms. The first-order valence-electron chi connectivity index (χ1n) is 5.15. The van der Waals surface area contributed by atoms with Crippen molar-refractivity contribution in [2.45, 2.75) is 45.4 Å². The first-order valence-corrected chi connectivity index (χ1v) is 5.15. The summed E-state index contributed by atoms with van der Waals surface area (Å²) in [6.07, 6.45) is 0. The van der Waals surface area contributed by atoms with E-state index in [1.54, 1.807) is 0 Å². The number of rotatable bonds is 2. The van der Waals surface area contributed by atoms with Gasteiger partial charge in [0.15, 0.2) is 0 Å². The molecule has 2 N–H and O–H groups in total. The minimum Gasteiger partial charge on any atom is -0.309 e. The van der Waals surface area contributed by atoms with Crippen molar-refractivity contribution in [3.63, 3.8) is 0 Å². The van der Waals surface area contributed by atoms with Crippen LogP contribution in [0.4, 0.5) is 0 Å². The SMILES string of the molecule is CNC(C)(C)N1CC(C)NC(C)C1. The molecule has 1 heterocycles. The van der Waals surface area contributed by atoms with Crippen LogP contribution in [-0.4, -0.2) is 42.8 Å². The summed E-state index contributed by atoms with van der Waals surface area (Å²) in [7, 11) is 2.03. The molecular formula is C10H23N3. The topological polar surface area (TPSA) is 27.3 Å². The summed E-state index contributed by atoms with van der Waals surface area (Å²) in [6, 6.07) is 1.19.